The number of hydrazine groups is 1. The Kier molecular flexibility index (Phi) is 5.41. The molecule has 0 aliphatic carbocycles. The summed E-state index contributed by atoms with van der Waals surface area (Å²) in [6.45, 7) is 0. The maximum absolute atomic E-state index is 6.00. The van der Waals surface area contributed by atoms with Crippen molar-refractivity contribution in [1.82, 2.24) is 5.43 Å². The molecule has 3 nitrogen and oxygen atoms in total. The minimum absolute atomic E-state index is 0.153. The zero-order chi connectivity index (χ0) is 14.4. The summed E-state index contributed by atoms with van der Waals surface area (Å²) in [6.07, 6.45) is 1.66. The van der Waals surface area contributed by atoms with Gasteiger partial charge in [-0.25, -0.2) is 0 Å². The van der Waals surface area contributed by atoms with Crippen LogP contribution >= 0.6 is 11.6 Å². The Bertz CT molecular complexity index is 560. The molecule has 2 rings (SSSR count). The first-order valence-electron chi connectivity index (χ1n) is 6.55. The first-order valence-corrected chi connectivity index (χ1v) is 6.92. The van der Waals surface area contributed by atoms with Crippen LogP contribution in [-0.2, 0) is 12.8 Å². The lowest BCUT2D eigenvalue weighted by atomic mass is 9.99. The van der Waals surface area contributed by atoms with Crippen LogP contribution in [0, 0.1) is 0 Å². The van der Waals surface area contributed by atoms with Gasteiger partial charge in [0, 0.05) is 11.1 Å². The van der Waals surface area contributed by atoms with E-state index in [-0.39, 0.29) is 6.04 Å². The van der Waals surface area contributed by atoms with E-state index < -0.39 is 0 Å². The van der Waals surface area contributed by atoms with E-state index in [0.29, 0.717) is 0 Å². The fourth-order valence-electron chi connectivity index (χ4n) is 2.22. The Hall–Kier alpha value is -1.55. The average Bonchev–Trinajstić information content (AvgIpc) is 2.47. The Morgan fingerprint density at radius 2 is 1.75 bits per heavy atom. The minimum Gasteiger partial charge on any atom is -0.497 e. The van der Waals surface area contributed by atoms with Crippen molar-refractivity contribution in [2.24, 2.45) is 5.84 Å². The van der Waals surface area contributed by atoms with Gasteiger partial charge in [0.15, 0.2) is 0 Å². The molecule has 1 unspecified atom stereocenters. The van der Waals surface area contributed by atoms with Gasteiger partial charge in [-0.05, 0) is 48.2 Å². The van der Waals surface area contributed by atoms with Gasteiger partial charge in [0.25, 0.3) is 0 Å². The molecule has 0 radical (unpaired) electrons. The summed E-state index contributed by atoms with van der Waals surface area (Å²) in [7, 11) is 1.67. The standard InChI is InChI=1S/C16H19ClN2O/c1-20-16-7-3-5-13(11-16)10-15(19-18)9-12-4-2-6-14(17)8-12/h2-8,11,15,19H,9-10,18H2,1H3. The number of benzene rings is 2. The first kappa shape index (κ1) is 14.9. The number of ether oxygens (including phenoxy) is 1. The summed E-state index contributed by atoms with van der Waals surface area (Å²) in [5.41, 5.74) is 5.23. The van der Waals surface area contributed by atoms with Crippen molar-refractivity contribution in [3.05, 3.63) is 64.7 Å². The highest BCUT2D eigenvalue weighted by molar-refractivity contribution is 6.30. The van der Waals surface area contributed by atoms with Crippen LogP contribution in [0.25, 0.3) is 0 Å². The summed E-state index contributed by atoms with van der Waals surface area (Å²) in [4.78, 5) is 0. The predicted octanol–water partition coefficient (Wildman–Crippen LogP) is 2.97. The molecule has 0 fully saturated rings. The van der Waals surface area contributed by atoms with Crippen molar-refractivity contribution in [1.29, 1.82) is 0 Å². The molecule has 20 heavy (non-hydrogen) atoms. The Balaban J connectivity index is 2.05. The SMILES string of the molecule is COc1cccc(CC(Cc2cccc(Cl)c2)NN)c1. The van der Waals surface area contributed by atoms with Crippen LogP contribution in [0.1, 0.15) is 11.1 Å². The molecular formula is C16H19ClN2O. The number of rotatable bonds is 6. The van der Waals surface area contributed by atoms with Gasteiger partial charge in [0.2, 0.25) is 0 Å². The van der Waals surface area contributed by atoms with Gasteiger partial charge >= 0.3 is 0 Å². The summed E-state index contributed by atoms with van der Waals surface area (Å²) in [5.74, 6) is 6.52. The molecule has 2 aromatic rings. The van der Waals surface area contributed by atoms with E-state index in [2.05, 4.69) is 17.6 Å². The van der Waals surface area contributed by atoms with E-state index in [1.807, 2.05) is 36.4 Å². The van der Waals surface area contributed by atoms with E-state index in [1.165, 1.54) is 11.1 Å². The Labute approximate surface area is 124 Å². The highest BCUT2D eigenvalue weighted by Crippen LogP contribution is 2.17. The molecule has 0 saturated carbocycles. The zero-order valence-corrected chi connectivity index (χ0v) is 12.2. The van der Waals surface area contributed by atoms with Crippen LogP contribution in [0.5, 0.6) is 5.75 Å². The number of nitrogens with one attached hydrogen (secondary N) is 1. The molecule has 0 saturated heterocycles. The van der Waals surface area contributed by atoms with E-state index in [0.717, 1.165) is 23.6 Å². The van der Waals surface area contributed by atoms with E-state index in [4.69, 9.17) is 22.2 Å². The van der Waals surface area contributed by atoms with Crippen molar-refractivity contribution in [2.45, 2.75) is 18.9 Å². The zero-order valence-electron chi connectivity index (χ0n) is 11.5. The Morgan fingerprint density at radius 3 is 2.35 bits per heavy atom. The molecule has 2 aromatic carbocycles. The third-order valence-corrected chi connectivity index (χ3v) is 3.46. The van der Waals surface area contributed by atoms with Gasteiger partial charge < -0.3 is 4.74 Å². The molecule has 4 heteroatoms. The van der Waals surface area contributed by atoms with E-state index >= 15 is 0 Å². The largest absolute Gasteiger partial charge is 0.497 e. The van der Waals surface area contributed by atoms with E-state index in [1.54, 1.807) is 7.11 Å². The van der Waals surface area contributed by atoms with Crippen molar-refractivity contribution in [3.8, 4) is 5.75 Å². The highest BCUT2D eigenvalue weighted by Gasteiger charge is 2.10. The number of nitrogens with two attached hydrogens (primary N) is 1. The summed E-state index contributed by atoms with van der Waals surface area (Å²) >= 11 is 6.00. The molecule has 3 N–H and O–H groups in total. The molecule has 0 heterocycles. The Morgan fingerprint density at radius 1 is 1.10 bits per heavy atom. The summed E-state index contributed by atoms with van der Waals surface area (Å²) in [6, 6.07) is 16.0. The second-order valence-corrected chi connectivity index (χ2v) is 5.19. The predicted molar refractivity (Wildman–Crippen MR) is 83.0 cm³/mol. The van der Waals surface area contributed by atoms with Gasteiger partial charge in [0.05, 0.1) is 7.11 Å². The number of methoxy groups -OCH3 is 1. The van der Waals surface area contributed by atoms with E-state index in [9.17, 15) is 0 Å². The molecule has 0 aliphatic heterocycles. The summed E-state index contributed by atoms with van der Waals surface area (Å²) < 4.78 is 5.23. The van der Waals surface area contributed by atoms with Crippen LogP contribution in [0.2, 0.25) is 5.02 Å². The van der Waals surface area contributed by atoms with Crippen molar-refractivity contribution in [2.75, 3.05) is 7.11 Å². The van der Waals surface area contributed by atoms with Crippen LogP contribution in [0.3, 0.4) is 0 Å². The van der Waals surface area contributed by atoms with Gasteiger partial charge in [-0.2, -0.15) is 0 Å². The first-order chi connectivity index (χ1) is 9.71. The van der Waals surface area contributed by atoms with Crippen molar-refractivity contribution < 1.29 is 4.74 Å². The smallest absolute Gasteiger partial charge is 0.119 e. The van der Waals surface area contributed by atoms with Crippen LogP contribution in [-0.4, -0.2) is 13.2 Å². The van der Waals surface area contributed by atoms with Crippen molar-refractivity contribution in [3.63, 3.8) is 0 Å². The maximum Gasteiger partial charge on any atom is 0.119 e. The molecule has 0 aliphatic rings. The second-order valence-electron chi connectivity index (χ2n) is 4.75. The topological polar surface area (TPSA) is 47.3 Å². The fourth-order valence-corrected chi connectivity index (χ4v) is 2.44. The van der Waals surface area contributed by atoms with Gasteiger partial charge in [-0.15, -0.1) is 0 Å². The molecule has 0 amide bonds. The molecule has 106 valence electrons. The lowest BCUT2D eigenvalue weighted by Gasteiger charge is -2.16. The number of halogens is 1. The van der Waals surface area contributed by atoms with Gasteiger partial charge in [-0.1, -0.05) is 35.9 Å². The van der Waals surface area contributed by atoms with Crippen LogP contribution in [0.15, 0.2) is 48.5 Å². The number of hydrogen-bond donors (Lipinski definition) is 2. The molecular weight excluding hydrogens is 272 g/mol. The molecule has 0 aromatic heterocycles. The quantitative estimate of drug-likeness (QED) is 0.635. The van der Waals surface area contributed by atoms with Crippen molar-refractivity contribution >= 4 is 11.6 Å². The molecule has 0 bridgehead atoms. The third-order valence-electron chi connectivity index (χ3n) is 3.22. The lowest BCUT2D eigenvalue weighted by Crippen LogP contribution is -2.38. The third kappa shape index (κ3) is 4.23. The van der Waals surface area contributed by atoms with Crippen LogP contribution < -0.4 is 16.0 Å². The summed E-state index contributed by atoms with van der Waals surface area (Å²) in [5, 5.41) is 0.750. The second kappa shape index (κ2) is 7.29. The fraction of sp³-hybridized carbons (Fsp3) is 0.250. The molecule has 0 spiro atoms. The van der Waals surface area contributed by atoms with Gasteiger partial charge in [0.1, 0.15) is 5.75 Å². The highest BCUT2D eigenvalue weighted by atomic mass is 35.5. The lowest BCUT2D eigenvalue weighted by molar-refractivity contribution is 0.413. The van der Waals surface area contributed by atoms with Crippen LogP contribution in [0.4, 0.5) is 0 Å². The van der Waals surface area contributed by atoms with Gasteiger partial charge in [-0.3, -0.25) is 11.3 Å². The number of hydrogen-bond acceptors (Lipinski definition) is 3. The minimum atomic E-state index is 0.153. The molecule has 1 atom stereocenters. The average molecular weight is 291 g/mol. The maximum atomic E-state index is 6.00. The monoisotopic (exact) mass is 290 g/mol. The normalized spacial score (nSPS) is 12.2.